The third-order valence-electron chi connectivity index (χ3n) is 5.80. The van der Waals surface area contributed by atoms with Crippen LogP contribution in [0.4, 0.5) is 10.5 Å². The van der Waals surface area contributed by atoms with Gasteiger partial charge in [0.1, 0.15) is 12.3 Å². The molecule has 168 valence electrons. The van der Waals surface area contributed by atoms with E-state index in [0.29, 0.717) is 18.8 Å². The highest BCUT2D eigenvalue weighted by molar-refractivity contribution is 5.92. The molecule has 31 heavy (non-hydrogen) atoms. The number of hydrogen-bond acceptors (Lipinski definition) is 3. The molecule has 0 radical (unpaired) electrons. The molecule has 1 N–H and O–H groups in total. The van der Waals surface area contributed by atoms with E-state index in [9.17, 15) is 9.59 Å². The van der Waals surface area contributed by atoms with E-state index in [2.05, 4.69) is 5.32 Å². The largest absolute Gasteiger partial charge is 0.494 e. The molecule has 0 aliphatic heterocycles. The molecule has 1 saturated carbocycles. The lowest BCUT2D eigenvalue weighted by Gasteiger charge is -2.31. The number of carbonyl (C=O) groups excluding carboxylic acids is 2. The van der Waals surface area contributed by atoms with Crippen LogP contribution in [-0.2, 0) is 18.4 Å². The Balaban J connectivity index is 1.68. The smallest absolute Gasteiger partial charge is 0.322 e. The Morgan fingerprint density at radius 3 is 2.45 bits per heavy atom. The van der Waals surface area contributed by atoms with Gasteiger partial charge < -0.3 is 24.4 Å². The van der Waals surface area contributed by atoms with Gasteiger partial charge in [-0.2, -0.15) is 0 Å². The molecule has 0 unspecified atom stereocenters. The van der Waals surface area contributed by atoms with Crippen LogP contribution in [0.5, 0.6) is 5.75 Å². The number of aryl methyl sites for hydroxylation is 1. The van der Waals surface area contributed by atoms with Crippen LogP contribution in [0.1, 0.15) is 45.7 Å². The van der Waals surface area contributed by atoms with Gasteiger partial charge in [0, 0.05) is 36.7 Å². The fourth-order valence-corrected chi connectivity index (χ4v) is 3.52. The summed E-state index contributed by atoms with van der Waals surface area (Å²) in [6.45, 7) is 7.16. The molecule has 3 amide bonds. The van der Waals surface area contributed by atoms with Crippen molar-refractivity contribution in [3.63, 3.8) is 0 Å². The van der Waals surface area contributed by atoms with Crippen molar-refractivity contribution in [3.05, 3.63) is 48.3 Å². The number of nitrogens with zero attached hydrogens (tertiary/aromatic N) is 3. The van der Waals surface area contributed by atoms with Crippen molar-refractivity contribution in [2.24, 2.45) is 7.05 Å². The highest BCUT2D eigenvalue weighted by Crippen LogP contribution is 2.29. The van der Waals surface area contributed by atoms with Gasteiger partial charge in [0.15, 0.2) is 0 Å². The van der Waals surface area contributed by atoms with Gasteiger partial charge in [-0.1, -0.05) is 6.92 Å². The Morgan fingerprint density at radius 1 is 1.19 bits per heavy atom. The average Bonchev–Trinajstić information content (AvgIpc) is 3.52. The zero-order chi connectivity index (χ0) is 22.4. The van der Waals surface area contributed by atoms with Crippen LogP contribution in [0.3, 0.4) is 0 Å². The van der Waals surface area contributed by atoms with Gasteiger partial charge >= 0.3 is 6.03 Å². The van der Waals surface area contributed by atoms with Crippen molar-refractivity contribution in [3.8, 4) is 5.75 Å². The third kappa shape index (κ3) is 6.03. The molecule has 1 heterocycles. The van der Waals surface area contributed by atoms with Crippen molar-refractivity contribution >= 4 is 17.6 Å². The molecule has 7 nitrogen and oxygen atoms in total. The number of anilines is 1. The van der Waals surface area contributed by atoms with E-state index in [1.54, 1.807) is 4.90 Å². The fourth-order valence-electron chi connectivity index (χ4n) is 3.52. The van der Waals surface area contributed by atoms with Crippen LogP contribution in [0.2, 0.25) is 0 Å². The van der Waals surface area contributed by atoms with E-state index in [4.69, 9.17) is 4.74 Å². The van der Waals surface area contributed by atoms with E-state index in [0.717, 1.165) is 30.7 Å². The summed E-state index contributed by atoms with van der Waals surface area (Å²) in [5.74, 6) is 0.751. The molecule has 1 atom stereocenters. The molecule has 3 rings (SSSR count). The van der Waals surface area contributed by atoms with E-state index in [-0.39, 0.29) is 30.6 Å². The number of rotatable bonds is 10. The van der Waals surface area contributed by atoms with Gasteiger partial charge in [-0.25, -0.2) is 4.79 Å². The van der Waals surface area contributed by atoms with Crippen molar-refractivity contribution < 1.29 is 14.3 Å². The summed E-state index contributed by atoms with van der Waals surface area (Å²) in [6, 6.07) is 11.3. The number of hydrogen-bond donors (Lipinski definition) is 1. The maximum Gasteiger partial charge on any atom is 0.322 e. The van der Waals surface area contributed by atoms with Crippen LogP contribution in [0.15, 0.2) is 42.6 Å². The normalized spacial score (nSPS) is 14.1. The molecule has 0 spiro atoms. The molecule has 0 bridgehead atoms. The molecule has 1 aromatic carbocycles. The van der Waals surface area contributed by atoms with E-state index >= 15 is 0 Å². The predicted molar refractivity (Wildman–Crippen MR) is 122 cm³/mol. The minimum Gasteiger partial charge on any atom is -0.494 e. The first kappa shape index (κ1) is 22.7. The van der Waals surface area contributed by atoms with E-state index in [1.807, 2.05) is 79.9 Å². The Kier molecular flexibility index (Phi) is 7.60. The van der Waals surface area contributed by atoms with Gasteiger partial charge in [-0.05, 0) is 69.5 Å². The van der Waals surface area contributed by atoms with Crippen molar-refractivity contribution in [1.82, 2.24) is 14.4 Å². The third-order valence-corrected chi connectivity index (χ3v) is 5.80. The lowest BCUT2D eigenvalue weighted by atomic mass is 10.2. The molecule has 2 aromatic rings. The summed E-state index contributed by atoms with van der Waals surface area (Å²) in [5, 5.41) is 2.93. The monoisotopic (exact) mass is 426 g/mol. The van der Waals surface area contributed by atoms with E-state index in [1.165, 1.54) is 0 Å². The van der Waals surface area contributed by atoms with Gasteiger partial charge in [0.25, 0.3) is 0 Å². The second-order valence-corrected chi connectivity index (χ2v) is 8.14. The zero-order valence-corrected chi connectivity index (χ0v) is 19.0. The molecule has 1 aromatic heterocycles. The standard InChI is InChI=1S/C24H34N4O3/c1-5-18(3)27(24(30)25-19-9-13-22(14-10-19)31-6-2)17-23(29)28(20-11-12-20)16-21-8-7-15-26(21)4/h7-10,13-15,18,20H,5-6,11-12,16-17H2,1-4H3,(H,25,30)/t18-/m0/s1. The number of urea groups is 1. The van der Waals surface area contributed by atoms with Gasteiger partial charge in [-0.15, -0.1) is 0 Å². The van der Waals surface area contributed by atoms with Gasteiger partial charge in [0.05, 0.1) is 13.2 Å². The molecular weight excluding hydrogens is 392 g/mol. The second-order valence-electron chi connectivity index (χ2n) is 8.14. The molecule has 1 aliphatic carbocycles. The minimum absolute atomic E-state index is 0.00848. The van der Waals surface area contributed by atoms with Crippen LogP contribution in [-0.4, -0.2) is 51.5 Å². The van der Waals surface area contributed by atoms with Gasteiger partial charge in [0.2, 0.25) is 5.91 Å². The highest BCUT2D eigenvalue weighted by Gasteiger charge is 2.34. The van der Waals surface area contributed by atoms with Crippen molar-refractivity contribution in [2.45, 2.75) is 58.7 Å². The summed E-state index contributed by atoms with van der Waals surface area (Å²) < 4.78 is 7.49. The molecule has 1 fully saturated rings. The molecule has 0 saturated heterocycles. The topological polar surface area (TPSA) is 66.8 Å². The Labute approximate surface area is 185 Å². The SMILES string of the molecule is CCOc1ccc(NC(=O)N(CC(=O)N(Cc2cccn2C)C2CC2)[C@@H](C)CC)cc1. The minimum atomic E-state index is -0.263. The fraction of sp³-hybridized carbons (Fsp3) is 0.500. The van der Waals surface area contributed by atoms with Crippen molar-refractivity contribution in [2.75, 3.05) is 18.5 Å². The van der Waals surface area contributed by atoms with E-state index < -0.39 is 0 Å². The molecule has 7 heteroatoms. The Morgan fingerprint density at radius 2 is 1.90 bits per heavy atom. The maximum atomic E-state index is 13.2. The predicted octanol–water partition coefficient (Wildman–Crippen LogP) is 4.25. The summed E-state index contributed by atoms with van der Waals surface area (Å²) in [4.78, 5) is 29.9. The lowest BCUT2D eigenvalue weighted by molar-refractivity contribution is -0.133. The summed E-state index contributed by atoms with van der Waals surface area (Å²) >= 11 is 0. The lowest BCUT2D eigenvalue weighted by Crippen LogP contribution is -2.48. The number of carbonyl (C=O) groups is 2. The number of aromatic nitrogens is 1. The van der Waals surface area contributed by atoms with Crippen LogP contribution in [0.25, 0.3) is 0 Å². The van der Waals surface area contributed by atoms with Crippen LogP contribution >= 0.6 is 0 Å². The summed E-state index contributed by atoms with van der Waals surface area (Å²) in [5.41, 5.74) is 1.77. The second kappa shape index (κ2) is 10.4. The van der Waals surface area contributed by atoms with Crippen LogP contribution in [0, 0.1) is 0 Å². The highest BCUT2D eigenvalue weighted by atomic mass is 16.5. The first-order chi connectivity index (χ1) is 14.9. The zero-order valence-electron chi connectivity index (χ0n) is 19.0. The molecule has 1 aliphatic rings. The Bertz CT molecular complexity index is 873. The number of amides is 3. The number of ether oxygens (including phenoxy) is 1. The first-order valence-electron chi connectivity index (χ1n) is 11.1. The number of nitrogens with one attached hydrogen (secondary N) is 1. The first-order valence-corrected chi connectivity index (χ1v) is 11.1. The Hall–Kier alpha value is -2.96. The average molecular weight is 427 g/mol. The van der Waals surface area contributed by atoms with Crippen molar-refractivity contribution in [1.29, 1.82) is 0 Å². The summed E-state index contributed by atoms with van der Waals surface area (Å²) in [7, 11) is 1.99. The van der Waals surface area contributed by atoms with Crippen LogP contribution < -0.4 is 10.1 Å². The summed E-state index contributed by atoms with van der Waals surface area (Å²) in [6.07, 6.45) is 4.81. The maximum absolute atomic E-state index is 13.2. The quantitative estimate of drug-likeness (QED) is 0.618. The molecular formula is C24H34N4O3. The van der Waals surface area contributed by atoms with Gasteiger partial charge in [-0.3, -0.25) is 4.79 Å². The number of benzene rings is 1.